The molecule has 1 aliphatic heterocycles. The topological polar surface area (TPSA) is 59.4 Å². The number of rotatable bonds is 2. The highest BCUT2D eigenvalue weighted by Crippen LogP contribution is 2.35. The molecule has 0 radical (unpaired) electrons. The van der Waals surface area contributed by atoms with Crippen LogP contribution in [0.25, 0.3) is 16.6 Å². The first kappa shape index (κ1) is 14.9. The van der Waals surface area contributed by atoms with E-state index in [0.717, 1.165) is 10.6 Å². The maximum absolute atomic E-state index is 12.3. The van der Waals surface area contributed by atoms with Crippen molar-refractivity contribution in [1.29, 1.82) is 0 Å². The summed E-state index contributed by atoms with van der Waals surface area (Å²) in [5.74, 6) is 0.399. The molecule has 0 aliphatic carbocycles. The van der Waals surface area contributed by atoms with Crippen LogP contribution in [-0.4, -0.2) is 15.9 Å². The number of thiazole rings is 1. The molecule has 0 amide bonds. The number of nitrogens with zero attached hydrogens (tertiary/aromatic N) is 1. The Kier molecular flexibility index (Phi) is 3.59. The lowest BCUT2D eigenvalue weighted by Crippen LogP contribution is -1.98. The Hall–Kier alpha value is -2.63. The number of carbonyl (C=O) groups is 1. The predicted octanol–water partition coefficient (Wildman–Crippen LogP) is 4.79. The van der Waals surface area contributed by atoms with E-state index in [0.29, 0.717) is 22.0 Å². The number of benzene rings is 2. The Bertz CT molecular complexity index is 976. The van der Waals surface area contributed by atoms with E-state index >= 15 is 0 Å². The number of ether oxygens (including phenoxy) is 1. The fourth-order valence-corrected chi connectivity index (χ4v) is 3.30. The molecule has 1 aliphatic rings. The summed E-state index contributed by atoms with van der Waals surface area (Å²) in [6, 6.07) is 11.8. The number of Topliss-reactive ketones (excluding diaryl/α,β-unsaturated/α-hetero) is 1. The maximum Gasteiger partial charge on any atom is 0.232 e. The average Bonchev–Trinajstić information content (AvgIpc) is 3.14. The molecule has 6 heteroatoms. The van der Waals surface area contributed by atoms with E-state index in [2.05, 4.69) is 4.98 Å². The Morgan fingerprint density at radius 1 is 1.17 bits per heavy atom. The highest BCUT2D eigenvalue weighted by Gasteiger charge is 2.27. The van der Waals surface area contributed by atoms with Crippen molar-refractivity contribution in [3.8, 4) is 22.1 Å². The Morgan fingerprint density at radius 2 is 1.96 bits per heavy atom. The molecule has 4 nitrogen and oxygen atoms in total. The monoisotopic (exact) mass is 355 g/mol. The van der Waals surface area contributed by atoms with Gasteiger partial charge in [0, 0.05) is 28.1 Å². The highest BCUT2D eigenvalue weighted by atomic mass is 35.5. The quantitative estimate of drug-likeness (QED) is 0.672. The lowest BCUT2D eigenvalue weighted by molar-refractivity contribution is 0.101. The minimum atomic E-state index is -0.217. The zero-order chi connectivity index (χ0) is 16.7. The maximum atomic E-state index is 12.3. The minimum absolute atomic E-state index is 0.0569. The third-order valence-corrected chi connectivity index (χ3v) is 4.71. The molecular formula is C18H10ClNO3S. The number of fused-ring (bicyclic) bond motifs is 1. The number of halogens is 1. The van der Waals surface area contributed by atoms with Crippen molar-refractivity contribution in [2.45, 2.75) is 0 Å². The van der Waals surface area contributed by atoms with Crippen LogP contribution in [0.15, 0.2) is 53.6 Å². The number of carbonyl (C=O) groups excluding carboxylic acids is 1. The first-order valence-corrected chi connectivity index (χ1v) is 8.35. The van der Waals surface area contributed by atoms with E-state index in [9.17, 15) is 9.90 Å². The largest absolute Gasteiger partial charge is 0.508 e. The van der Waals surface area contributed by atoms with Crippen molar-refractivity contribution in [3.05, 3.63) is 69.9 Å². The third-order valence-electron chi connectivity index (χ3n) is 3.55. The molecule has 0 fully saturated rings. The van der Waals surface area contributed by atoms with E-state index in [1.807, 2.05) is 29.6 Å². The van der Waals surface area contributed by atoms with Gasteiger partial charge in [-0.1, -0.05) is 23.7 Å². The van der Waals surface area contributed by atoms with Gasteiger partial charge in [-0.3, -0.25) is 4.79 Å². The van der Waals surface area contributed by atoms with E-state index < -0.39 is 0 Å². The van der Waals surface area contributed by atoms with Crippen molar-refractivity contribution in [2.75, 3.05) is 0 Å². The van der Waals surface area contributed by atoms with E-state index in [1.165, 1.54) is 23.5 Å². The Balaban J connectivity index is 1.63. The molecule has 2 heterocycles. The van der Waals surface area contributed by atoms with Crippen LogP contribution >= 0.6 is 22.9 Å². The van der Waals surface area contributed by atoms with Crippen LogP contribution in [0.4, 0.5) is 0 Å². The standard InChI is InChI=1S/C18H10ClNO3S/c19-11-3-1-10(2-4-11)18-20-12(9-24-18)7-16-17(22)14-6-5-13(21)8-15(14)23-16/h1-9,21H/b16-7+. The molecule has 0 saturated carbocycles. The van der Waals surface area contributed by atoms with Crippen LogP contribution in [-0.2, 0) is 0 Å². The predicted molar refractivity (Wildman–Crippen MR) is 93.6 cm³/mol. The second-order valence-electron chi connectivity index (χ2n) is 5.20. The van der Waals surface area contributed by atoms with Crippen LogP contribution in [0, 0.1) is 0 Å². The first-order chi connectivity index (χ1) is 11.6. The summed E-state index contributed by atoms with van der Waals surface area (Å²) in [6.07, 6.45) is 1.61. The average molecular weight is 356 g/mol. The molecule has 24 heavy (non-hydrogen) atoms. The van der Waals surface area contributed by atoms with Gasteiger partial charge in [0.15, 0.2) is 5.76 Å². The Morgan fingerprint density at radius 3 is 2.75 bits per heavy atom. The number of aromatic hydroxyl groups is 1. The summed E-state index contributed by atoms with van der Waals surface area (Å²) in [6.45, 7) is 0. The van der Waals surface area contributed by atoms with Gasteiger partial charge in [-0.25, -0.2) is 4.98 Å². The number of phenols is 1. The van der Waals surface area contributed by atoms with Crippen LogP contribution < -0.4 is 4.74 Å². The second kappa shape index (κ2) is 5.78. The summed E-state index contributed by atoms with van der Waals surface area (Å²) in [5, 5.41) is 12.8. The summed E-state index contributed by atoms with van der Waals surface area (Å²) >= 11 is 7.36. The number of aromatic nitrogens is 1. The highest BCUT2D eigenvalue weighted by molar-refractivity contribution is 7.13. The van der Waals surface area contributed by atoms with Crippen LogP contribution in [0.5, 0.6) is 11.5 Å². The fourth-order valence-electron chi connectivity index (χ4n) is 2.39. The van der Waals surface area contributed by atoms with Crippen LogP contribution in [0.3, 0.4) is 0 Å². The molecule has 1 N–H and O–H groups in total. The molecular weight excluding hydrogens is 346 g/mol. The number of hydrogen-bond donors (Lipinski definition) is 1. The van der Waals surface area contributed by atoms with Gasteiger partial charge in [0.25, 0.3) is 0 Å². The Labute approximate surface area is 146 Å². The van der Waals surface area contributed by atoms with E-state index in [-0.39, 0.29) is 17.3 Å². The number of allylic oxidation sites excluding steroid dienone is 1. The summed E-state index contributed by atoms with van der Waals surface area (Å²) < 4.78 is 5.53. The lowest BCUT2D eigenvalue weighted by atomic mass is 10.1. The zero-order valence-corrected chi connectivity index (χ0v) is 13.8. The van der Waals surface area contributed by atoms with Crippen molar-refractivity contribution in [1.82, 2.24) is 4.98 Å². The van der Waals surface area contributed by atoms with Crippen molar-refractivity contribution < 1.29 is 14.6 Å². The van der Waals surface area contributed by atoms with Gasteiger partial charge in [0.1, 0.15) is 16.5 Å². The number of hydrogen-bond acceptors (Lipinski definition) is 5. The van der Waals surface area contributed by atoms with E-state index in [4.69, 9.17) is 16.3 Å². The van der Waals surface area contributed by atoms with Gasteiger partial charge in [-0.05, 0) is 24.3 Å². The van der Waals surface area contributed by atoms with Crippen LogP contribution in [0.1, 0.15) is 16.1 Å². The first-order valence-electron chi connectivity index (χ1n) is 7.09. The molecule has 3 aromatic rings. The molecule has 118 valence electrons. The van der Waals surface area contributed by atoms with Gasteiger partial charge in [0.05, 0.1) is 11.3 Å². The normalized spacial score (nSPS) is 14.7. The summed E-state index contributed by atoms with van der Waals surface area (Å²) in [5.41, 5.74) is 2.04. The second-order valence-corrected chi connectivity index (χ2v) is 6.50. The SMILES string of the molecule is O=C1/C(=C\c2csc(-c3ccc(Cl)cc3)n2)Oc2cc(O)ccc21. The van der Waals surface area contributed by atoms with Gasteiger partial charge in [-0.15, -0.1) is 11.3 Å². The molecule has 0 saturated heterocycles. The van der Waals surface area contributed by atoms with Crippen molar-refractivity contribution in [3.63, 3.8) is 0 Å². The molecule has 0 unspecified atom stereocenters. The molecule has 0 atom stereocenters. The minimum Gasteiger partial charge on any atom is -0.508 e. The van der Waals surface area contributed by atoms with Crippen molar-refractivity contribution >= 4 is 34.8 Å². The summed E-state index contributed by atoms with van der Waals surface area (Å²) in [4.78, 5) is 16.8. The molecule has 2 aromatic carbocycles. The number of ketones is 1. The van der Waals surface area contributed by atoms with E-state index in [1.54, 1.807) is 12.1 Å². The fraction of sp³-hybridized carbons (Fsp3) is 0. The smallest absolute Gasteiger partial charge is 0.232 e. The van der Waals surface area contributed by atoms with Crippen LogP contribution in [0.2, 0.25) is 5.02 Å². The molecule has 0 bridgehead atoms. The molecule has 1 aromatic heterocycles. The van der Waals surface area contributed by atoms with Gasteiger partial charge >= 0.3 is 0 Å². The molecule has 0 spiro atoms. The number of phenolic OH excluding ortho intramolecular Hbond substituents is 1. The van der Waals surface area contributed by atoms with Crippen molar-refractivity contribution in [2.24, 2.45) is 0 Å². The third kappa shape index (κ3) is 2.68. The van der Waals surface area contributed by atoms with Gasteiger partial charge < -0.3 is 9.84 Å². The summed E-state index contributed by atoms with van der Waals surface area (Å²) in [7, 11) is 0. The molecule has 4 rings (SSSR count). The zero-order valence-electron chi connectivity index (χ0n) is 12.2. The lowest BCUT2D eigenvalue weighted by Gasteiger charge is -1.97. The van der Waals surface area contributed by atoms with Gasteiger partial charge in [0.2, 0.25) is 5.78 Å². The van der Waals surface area contributed by atoms with Gasteiger partial charge in [-0.2, -0.15) is 0 Å².